The molecule has 20 heavy (non-hydrogen) atoms. The Bertz CT molecular complexity index is 587. The molecule has 1 heterocycles. The number of ether oxygens (including phenoxy) is 1. The van der Waals surface area contributed by atoms with Crippen molar-refractivity contribution >= 4 is 21.4 Å². The lowest BCUT2D eigenvalue weighted by atomic mass is 10.2. The quantitative estimate of drug-likeness (QED) is 0.833. The van der Waals surface area contributed by atoms with Crippen molar-refractivity contribution < 1.29 is 13.2 Å². The van der Waals surface area contributed by atoms with E-state index in [0.717, 1.165) is 5.69 Å². The first-order chi connectivity index (χ1) is 9.35. The Morgan fingerprint density at radius 3 is 2.70 bits per heavy atom. The zero-order valence-electron chi connectivity index (χ0n) is 12.0. The van der Waals surface area contributed by atoms with Crippen LogP contribution >= 0.6 is 0 Å². The van der Waals surface area contributed by atoms with Gasteiger partial charge in [0.2, 0.25) is 10.0 Å². The van der Waals surface area contributed by atoms with E-state index in [2.05, 4.69) is 4.90 Å². The third-order valence-corrected chi connectivity index (χ3v) is 5.35. The molecule has 0 bridgehead atoms. The fraction of sp³-hybridized carbons (Fsp3) is 0.538. The van der Waals surface area contributed by atoms with Crippen LogP contribution in [0.1, 0.15) is 6.92 Å². The molecule has 2 N–H and O–H groups in total. The molecule has 1 aromatic rings. The zero-order valence-corrected chi connectivity index (χ0v) is 12.9. The van der Waals surface area contributed by atoms with E-state index in [0.29, 0.717) is 25.4 Å². The molecule has 1 aromatic carbocycles. The number of nitrogen functional groups attached to an aromatic ring is 1. The Kier molecular flexibility index (Phi) is 4.22. The molecule has 1 atom stereocenters. The molecule has 2 rings (SSSR count). The van der Waals surface area contributed by atoms with Gasteiger partial charge in [-0.15, -0.1) is 0 Å². The SMILES string of the molecule is CC1COCCN1c1cccc(S(=O)(=O)N(C)C)c1N. The van der Waals surface area contributed by atoms with Crippen molar-refractivity contribution in [3.63, 3.8) is 0 Å². The molecule has 112 valence electrons. The van der Waals surface area contributed by atoms with Crippen molar-refractivity contribution in [3.8, 4) is 0 Å². The molecule has 0 aliphatic carbocycles. The smallest absolute Gasteiger partial charge is 0.244 e. The van der Waals surface area contributed by atoms with E-state index >= 15 is 0 Å². The Balaban J connectivity index is 2.47. The van der Waals surface area contributed by atoms with Gasteiger partial charge < -0.3 is 15.4 Å². The number of hydrogen-bond acceptors (Lipinski definition) is 5. The van der Waals surface area contributed by atoms with Gasteiger partial charge in [-0.3, -0.25) is 0 Å². The third kappa shape index (κ3) is 2.61. The topological polar surface area (TPSA) is 75.9 Å². The Morgan fingerprint density at radius 2 is 2.10 bits per heavy atom. The van der Waals surface area contributed by atoms with Crippen molar-refractivity contribution in [1.29, 1.82) is 0 Å². The van der Waals surface area contributed by atoms with Gasteiger partial charge >= 0.3 is 0 Å². The van der Waals surface area contributed by atoms with Crippen molar-refractivity contribution in [2.24, 2.45) is 0 Å². The average molecular weight is 299 g/mol. The predicted octanol–water partition coefficient (Wildman–Crippen LogP) is 0.744. The highest BCUT2D eigenvalue weighted by Crippen LogP contribution is 2.32. The molecule has 1 aliphatic heterocycles. The molecule has 0 amide bonds. The number of para-hydroxylation sites is 1. The van der Waals surface area contributed by atoms with Crippen molar-refractivity contribution in [2.75, 3.05) is 44.5 Å². The van der Waals surface area contributed by atoms with Crippen molar-refractivity contribution in [1.82, 2.24) is 4.31 Å². The maximum Gasteiger partial charge on any atom is 0.244 e. The highest BCUT2D eigenvalue weighted by molar-refractivity contribution is 7.89. The standard InChI is InChI=1S/C13H21N3O3S/c1-10-9-19-8-7-16(10)11-5-4-6-12(13(11)14)20(17,18)15(2)3/h4-6,10H,7-9,14H2,1-3H3. The van der Waals surface area contributed by atoms with Crippen molar-refractivity contribution in [2.45, 2.75) is 17.9 Å². The molecule has 0 radical (unpaired) electrons. The summed E-state index contributed by atoms with van der Waals surface area (Å²) >= 11 is 0. The Morgan fingerprint density at radius 1 is 1.40 bits per heavy atom. The monoisotopic (exact) mass is 299 g/mol. The van der Waals surface area contributed by atoms with Crippen LogP contribution in [0.15, 0.2) is 23.1 Å². The van der Waals surface area contributed by atoms with Gasteiger partial charge in [0.05, 0.1) is 24.6 Å². The number of morpholine rings is 1. The zero-order chi connectivity index (χ0) is 14.9. The van der Waals surface area contributed by atoms with E-state index < -0.39 is 10.0 Å². The van der Waals surface area contributed by atoms with Crippen LogP contribution in [0.5, 0.6) is 0 Å². The largest absolute Gasteiger partial charge is 0.396 e. The summed E-state index contributed by atoms with van der Waals surface area (Å²) in [5.74, 6) is 0. The number of benzene rings is 1. The first kappa shape index (κ1) is 15.1. The van der Waals surface area contributed by atoms with Gasteiger partial charge in [0, 0.05) is 26.7 Å². The second kappa shape index (κ2) is 5.59. The van der Waals surface area contributed by atoms with E-state index in [1.54, 1.807) is 12.1 Å². The summed E-state index contributed by atoms with van der Waals surface area (Å²) in [4.78, 5) is 2.24. The minimum atomic E-state index is -3.54. The lowest BCUT2D eigenvalue weighted by Crippen LogP contribution is -2.44. The fourth-order valence-electron chi connectivity index (χ4n) is 2.29. The van der Waals surface area contributed by atoms with Crippen molar-refractivity contribution in [3.05, 3.63) is 18.2 Å². The molecule has 1 saturated heterocycles. The second-order valence-electron chi connectivity index (χ2n) is 5.09. The maximum atomic E-state index is 12.3. The Labute approximate surface area is 120 Å². The summed E-state index contributed by atoms with van der Waals surface area (Å²) in [6.07, 6.45) is 0. The highest BCUT2D eigenvalue weighted by Gasteiger charge is 2.26. The molecule has 0 aromatic heterocycles. The third-order valence-electron chi connectivity index (χ3n) is 3.48. The summed E-state index contributed by atoms with van der Waals surface area (Å²) in [7, 11) is -0.538. The van der Waals surface area contributed by atoms with Gasteiger partial charge in [0.25, 0.3) is 0 Å². The van der Waals surface area contributed by atoms with Crippen LogP contribution in [-0.4, -0.2) is 52.6 Å². The summed E-state index contributed by atoms with van der Waals surface area (Å²) in [6, 6.07) is 5.29. The van der Waals surface area contributed by atoms with Crippen LogP contribution in [0.2, 0.25) is 0 Å². The lowest BCUT2D eigenvalue weighted by molar-refractivity contribution is 0.0990. The van der Waals surface area contributed by atoms with Gasteiger partial charge in [-0.05, 0) is 19.1 Å². The van der Waals surface area contributed by atoms with Crippen LogP contribution in [0.25, 0.3) is 0 Å². The number of nitrogens with zero attached hydrogens (tertiary/aromatic N) is 2. The van der Waals surface area contributed by atoms with Gasteiger partial charge in [0.1, 0.15) is 4.90 Å². The normalized spacial score (nSPS) is 20.4. The minimum absolute atomic E-state index is 0.152. The van der Waals surface area contributed by atoms with E-state index in [4.69, 9.17) is 10.5 Å². The van der Waals surface area contributed by atoms with Crippen LogP contribution in [0.4, 0.5) is 11.4 Å². The van der Waals surface area contributed by atoms with E-state index in [1.807, 2.05) is 13.0 Å². The molecule has 1 aliphatic rings. The van der Waals surface area contributed by atoms with Crippen LogP contribution in [0, 0.1) is 0 Å². The van der Waals surface area contributed by atoms with Gasteiger partial charge in [-0.2, -0.15) is 0 Å². The van der Waals surface area contributed by atoms with E-state index in [1.165, 1.54) is 18.4 Å². The molecule has 1 unspecified atom stereocenters. The highest BCUT2D eigenvalue weighted by atomic mass is 32.2. The van der Waals surface area contributed by atoms with E-state index in [-0.39, 0.29) is 10.9 Å². The van der Waals surface area contributed by atoms with Crippen LogP contribution in [-0.2, 0) is 14.8 Å². The lowest BCUT2D eigenvalue weighted by Gasteiger charge is -2.36. The number of sulfonamides is 1. The minimum Gasteiger partial charge on any atom is -0.396 e. The maximum absolute atomic E-state index is 12.3. The fourth-order valence-corrected chi connectivity index (χ4v) is 3.32. The van der Waals surface area contributed by atoms with Gasteiger partial charge in [-0.25, -0.2) is 12.7 Å². The molecule has 6 nitrogen and oxygen atoms in total. The molecule has 1 fully saturated rings. The summed E-state index contributed by atoms with van der Waals surface area (Å²) in [5.41, 5.74) is 7.17. The molecular formula is C13H21N3O3S. The summed E-state index contributed by atoms with van der Waals surface area (Å²) in [5, 5.41) is 0. The van der Waals surface area contributed by atoms with Crippen LogP contribution in [0.3, 0.4) is 0 Å². The molecule has 7 heteroatoms. The van der Waals surface area contributed by atoms with Gasteiger partial charge in [0.15, 0.2) is 0 Å². The Hall–Kier alpha value is -1.31. The van der Waals surface area contributed by atoms with Gasteiger partial charge in [-0.1, -0.05) is 6.07 Å². The number of rotatable bonds is 3. The first-order valence-corrected chi connectivity index (χ1v) is 7.95. The van der Waals surface area contributed by atoms with Crippen LogP contribution < -0.4 is 10.6 Å². The number of nitrogens with two attached hydrogens (primary N) is 1. The predicted molar refractivity (Wildman–Crippen MR) is 79.4 cm³/mol. The number of anilines is 2. The van der Waals surface area contributed by atoms with E-state index in [9.17, 15) is 8.42 Å². The first-order valence-electron chi connectivity index (χ1n) is 6.51. The molecular weight excluding hydrogens is 278 g/mol. The average Bonchev–Trinajstić information content (AvgIpc) is 2.39. The number of hydrogen-bond donors (Lipinski definition) is 1. The second-order valence-corrected chi connectivity index (χ2v) is 7.21. The molecule has 0 spiro atoms. The summed E-state index contributed by atoms with van der Waals surface area (Å²) in [6.45, 7) is 3.97. The summed E-state index contributed by atoms with van der Waals surface area (Å²) < 4.78 is 31.1. The molecule has 0 saturated carbocycles.